The van der Waals surface area contributed by atoms with E-state index in [0.717, 1.165) is 13.0 Å². The summed E-state index contributed by atoms with van der Waals surface area (Å²) in [5.74, 6) is -0.665. The number of carbonyl (C=O) groups is 1. The lowest BCUT2D eigenvalue weighted by atomic mass is 10.1. The molecule has 0 spiro atoms. The van der Waals surface area contributed by atoms with E-state index in [0.29, 0.717) is 24.3 Å². The van der Waals surface area contributed by atoms with Crippen molar-refractivity contribution in [3.8, 4) is 0 Å². The number of amides is 1. The van der Waals surface area contributed by atoms with Crippen LogP contribution in [0.4, 0.5) is 37.7 Å². The number of benzene rings is 2. The van der Waals surface area contributed by atoms with E-state index in [-0.39, 0.29) is 11.8 Å². The van der Waals surface area contributed by atoms with Gasteiger partial charge in [-0.1, -0.05) is 11.6 Å². The molecule has 29 heavy (non-hydrogen) atoms. The molecule has 158 valence electrons. The Hall–Kier alpha value is -2.47. The Balaban J connectivity index is 2.54. The molecule has 5 nitrogen and oxygen atoms in total. The molecule has 0 aliphatic heterocycles. The average molecular weight is 461 g/mol. The summed E-state index contributed by atoms with van der Waals surface area (Å²) in [5.41, 5.74) is -4.03. The minimum atomic E-state index is -5.04. The van der Waals surface area contributed by atoms with Crippen LogP contribution in [0, 0.1) is 0 Å². The van der Waals surface area contributed by atoms with Crippen LogP contribution in [0.25, 0.3) is 0 Å². The monoisotopic (exact) mass is 460 g/mol. The average Bonchev–Trinajstić information content (AvgIpc) is 2.53. The van der Waals surface area contributed by atoms with Gasteiger partial charge in [0.2, 0.25) is 5.91 Å². The van der Waals surface area contributed by atoms with Gasteiger partial charge < -0.3 is 5.32 Å². The quantitative estimate of drug-likeness (QED) is 0.621. The van der Waals surface area contributed by atoms with Crippen molar-refractivity contribution in [2.75, 3.05) is 10.0 Å². The second-order valence-corrected chi connectivity index (χ2v) is 7.75. The summed E-state index contributed by atoms with van der Waals surface area (Å²) in [6.45, 7) is 1.06. The smallest absolute Gasteiger partial charge is 0.326 e. The highest BCUT2D eigenvalue weighted by Crippen LogP contribution is 2.39. The maximum absolute atomic E-state index is 13.3. The lowest BCUT2D eigenvalue weighted by Gasteiger charge is -2.17. The second kappa shape index (κ2) is 7.75. The van der Waals surface area contributed by atoms with Crippen LogP contribution in [0.1, 0.15) is 18.1 Å². The number of anilines is 2. The first kappa shape index (κ1) is 22.8. The van der Waals surface area contributed by atoms with E-state index in [1.54, 1.807) is 4.72 Å². The highest BCUT2D eigenvalue weighted by Gasteiger charge is 2.36. The predicted molar refractivity (Wildman–Crippen MR) is 93.0 cm³/mol. The van der Waals surface area contributed by atoms with Crippen molar-refractivity contribution in [1.82, 2.24) is 0 Å². The second-order valence-electron chi connectivity index (χ2n) is 5.69. The highest BCUT2D eigenvalue weighted by molar-refractivity contribution is 7.92. The summed E-state index contributed by atoms with van der Waals surface area (Å²) in [4.78, 5) is 9.96. The molecule has 13 heteroatoms. The van der Waals surface area contributed by atoms with Crippen molar-refractivity contribution in [2.24, 2.45) is 0 Å². The van der Waals surface area contributed by atoms with Gasteiger partial charge >= 0.3 is 12.4 Å². The third-order valence-corrected chi connectivity index (χ3v) is 5.28. The molecule has 0 heterocycles. The standard InChI is InChI=1S/C16H11ClF6N2O3S/c1-8(26)24-10-3-5-13(11(7-10)16(21,22)23)25-29(27,28)14-6-9(15(18,19)20)2-4-12(14)17/h2-7,25H,1H3,(H,24,26). The number of nitrogens with one attached hydrogen (secondary N) is 2. The highest BCUT2D eigenvalue weighted by atomic mass is 35.5. The molecule has 0 aromatic heterocycles. The summed E-state index contributed by atoms with van der Waals surface area (Å²) in [6, 6.07) is 3.60. The minimum Gasteiger partial charge on any atom is -0.326 e. The third kappa shape index (κ3) is 5.54. The van der Waals surface area contributed by atoms with Crippen LogP contribution >= 0.6 is 11.6 Å². The van der Waals surface area contributed by atoms with Crippen LogP contribution in [0.5, 0.6) is 0 Å². The third-order valence-electron chi connectivity index (χ3n) is 3.44. The van der Waals surface area contributed by atoms with Crippen LogP contribution in [-0.2, 0) is 27.2 Å². The van der Waals surface area contributed by atoms with Crippen molar-refractivity contribution in [1.29, 1.82) is 0 Å². The SMILES string of the molecule is CC(=O)Nc1ccc(NS(=O)(=O)c2cc(C(F)(F)F)ccc2Cl)c(C(F)(F)F)c1. The van der Waals surface area contributed by atoms with Gasteiger partial charge in [-0.25, -0.2) is 8.42 Å². The minimum absolute atomic E-state index is 0.212. The van der Waals surface area contributed by atoms with E-state index in [2.05, 4.69) is 5.32 Å². The summed E-state index contributed by atoms with van der Waals surface area (Å²) < 4.78 is 105. The number of halogens is 7. The van der Waals surface area contributed by atoms with Gasteiger partial charge in [0.15, 0.2) is 0 Å². The summed E-state index contributed by atoms with van der Waals surface area (Å²) in [6.07, 6.45) is -9.93. The fourth-order valence-electron chi connectivity index (χ4n) is 2.23. The number of alkyl halides is 6. The first-order valence-corrected chi connectivity index (χ1v) is 9.36. The fraction of sp³-hybridized carbons (Fsp3) is 0.188. The van der Waals surface area contributed by atoms with E-state index < -0.39 is 55.0 Å². The number of sulfonamides is 1. The maximum Gasteiger partial charge on any atom is 0.418 e. The van der Waals surface area contributed by atoms with Crippen LogP contribution in [-0.4, -0.2) is 14.3 Å². The topological polar surface area (TPSA) is 75.3 Å². The van der Waals surface area contributed by atoms with Gasteiger partial charge in [-0.2, -0.15) is 26.3 Å². The van der Waals surface area contributed by atoms with E-state index >= 15 is 0 Å². The van der Waals surface area contributed by atoms with Gasteiger partial charge in [0.25, 0.3) is 10.0 Å². The molecule has 2 N–H and O–H groups in total. The number of carbonyl (C=O) groups excluding carboxylic acids is 1. The molecular weight excluding hydrogens is 450 g/mol. The first-order valence-electron chi connectivity index (χ1n) is 7.49. The molecule has 0 unspecified atom stereocenters. The zero-order chi connectivity index (χ0) is 22.2. The summed E-state index contributed by atoms with van der Waals surface area (Å²) in [7, 11) is -4.91. The van der Waals surface area contributed by atoms with Gasteiger partial charge in [-0.15, -0.1) is 0 Å². The fourth-order valence-corrected chi connectivity index (χ4v) is 3.84. The van der Waals surface area contributed by atoms with E-state index in [1.165, 1.54) is 0 Å². The largest absolute Gasteiger partial charge is 0.418 e. The molecule has 0 aliphatic rings. The zero-order valence-electron chi connectivity index (χ0n) is 14.2. The molecule has 0 fully saturated rings. The van der Waals surface area contributed by atoms with Crippen LogP contribution in [0.3, 0.4) is 0 Å². The lowest BCUT2D eigenvalue weighted by Crippen LogP contribution is -2.19. The number of rotatable bonds is 4. The Kier molecular flexibility index (Phi) is 6.09. The van der Waals surface area contributed by atoms with E-state index in [1.807, 2.05) is 0 Å². The summed E-state index contributed by atoms with van der Waals surface area (Å²) in [5, 5.41) is 1.49. The van der Waals surface area contributed by atoms with Crippen molar-refractivity contribution >= 4 is 38.9 Å². The maximum atomic E-state index is 13.3. The molecule has 2 aromatic rings. The van der Waals surface area contributed by atoms with Crippen molar-refractivity contribution in [2.45, 2.75) is 24.2 Å². The normalized spacial score (nSPS) is 12.6. The van der Waals surface area contributed by atoms with Crippen molar-refractivity contribution in [3.05, 3.63) is 52.5 Å². The Labute approximate surface area is 165 Å². The van der Waals surface area contributed by atoms with Gasteiger partial charge in [0.1, 0.15) is 4.90 Å². The van der Waals surface area contributed by atoms with Crippen LogP contribution in [0.15, 0.2) is 41.3 Å². The van der Waals surface area contributed by atoms with E-state index in [9.17, 15) is 39.6 Å². The molecule has 0 saturated carbocycles. The predicted octanol–water partition coefficient (Wildman–Crippen LogP) is 5.14. The Morgan fingerprint density at radius 1 is 0.966 bits per heavy atom. The first-order chi connectivity index (χ1) is 13.1. The van der Waals surface area contributed by atoms with Gasteiger partial charge in [0.05, 0.1) is 21.8 Å². The summed E-state index contributed by atoms with van der Waals surface area (Å²) >= 11 is 5.65. The molecule has 0 atom stereocenters. The number of hydrogen-bond acceptors (Lipinski definition) is 3. The van der Waals surface area contributed by atoms with Crippen molar-refractivity contribution in [3.63, 3.8) is 0 Å². The number of hydrogen-bond donors (Lipinski definition) is 2. The molecule has 0 bridgehead atoms. The lowest BCUT2D eigenvalue weighted by molar-refractivity contribution is -0.138. The van der Waals surface area contributed by atoms with Crippen molar-refractivity contribution < 1.29 is 39.6 Å². The molecule has 0 radical (unpaired) electrons. The Morgan fingerprint density at radius 3 is 2.10 bits per heavy atom. The van der Waals surface area contributed by atoms with Gasteiger partial charge in [-0.05, 0) is 36.4 Å². The Bertz CT molecular complexity index is 1050. The molecule has 1 amide bonds. The van der Waals surface area contributed by atoms with Crippen LogP contribution in [0.2, 0.25) is 5.02 Å². The van der Waals surface area contributed by atoms with Gasteiger partial charge in [-0.3, -0.25) is 9.52 Å². The van der Waals surface area contributed by atoms with Crippen LogP contribution < -0.4 is 10.0 Å². The van der Waals surface area contributed by atoms with E-state index in [4.69, 9.17) is 11.6 Å². The molecule has 0 aliphatic carbocycles. The zero-order valence-corrected chi connectivity index (χ0v) is 15.8. The molecular formula is C16H11ClF6N2O3S. The molecule has 2 aromatic carbocycles. The van der Waals surface area contributed by atoms with Gasteiger partial charge in [0, 0.05) is 12.6 Å². The molecule has 0 saturated heterocycles. The Morgan fingerprint density at radius 2 is 1.59 bits per heavy atom. The molecule has 2 rings (SSSR count).